The molecule has 30 heavy (non-hydrogen) atoms. The van der Waals surface area contributed by atoms with Gasteiger partial charge in [0.1, 0.15) is 16.5 Å². The summed E-state index contributed by atoms with van der Waals surface area (Å²) >= 11 is 1.79. The quantitative estimate of drug-likeness (QED) is 0.537. The number of rotatable bonds is 7. The third-order valence-electron chi connectivity index (χ3n) is 5.56. The van der Waals surface area contributed by atoms with Crippen molar-refractivity contribution in [3.05, 3.63) is 46.1 Å². The van der Waals surface area contributed by atoms with Crippen LogP contribution < -0.4 is 10.0 Å². The van der Waals surface area contributed by atoms with E-state index in [-0.39, 0.29) is 11.4 Å². The van der Waals surface area contributed by atoms with E-state index in [2.05, 4.69) is 23.9 Å². The fourth-order valence-corrected chi connectivity index (χ4v) is 6.27. The van der Waals surface area contributed by atoms with Crippen molar-refractivity contribution < 1.29 is 8.42 Å². The molecule has 3 aromatic rings. The topological polar surface area (TPSA) is 84.0 Å². The van der Waals surface area contributed by atoms with Crippen LogP contribution in [0.2, 0.25) is 0 Å². The van der Waals surface area contributed by atoms with Gasteiger partial charge in [-0.3, -0.25) is 0 Å². The summed E-state index contributed by atoms with van der Waals surface area (Å²) in [4.78, 5) is 12.2. The van der Waals surface area contributed by atoms with Gasteiger partial charge in [-0.25, -0.2) is 23.1 Å². The zero-order valence-electron chi connectivity index (χ0n) is 17.7. The van der Waals surface area contributed by atoms with Crippen molar-refractivity contribution in [1.29, 1.82) is 0 Å². The molecule has 0 amide bonds. The molecule has 1 aromatic carbocycles. The van der Waals surface area contributed by atoms with Crippen LogP contribution in [0.4, 0.5) is 5.82 Å². The number of hydrogen-bond acceptors (Lipinski definition) is 6. The van der Waals surface area contributed by atoms with Crippen LogP contribution >= 0.6 is 11.3 Å². The van der Waals surface area contributed by atoms with Crippen molar-refractivity contribution in [2.75, 3.05) is 18.4 Å². The van der Waals surface area contributed by atoms with Crippen molar-refractivity contribution >= 4 is 37.4 Å². The highest BCUT2D eigenvalue weighted by molar-refractivity contribution is 7.89. The molecular formula is C22H28N4O2S2. The molecule has 1 atom stereocenters. The van der Waals surface area contributed by atoms with Gasteiger partial charge in [0, 0.05) is 24.4 Å². The van der Waals surface area contributed by atoms with Gasteiger partial charge in [-0.1, -0.05) is 31.5 Å². The first-order chi connectivity index (χ1) is 14.4. The van der Waals surface area contributed by atoms with Gasteiger partial charge in [0.05, 0.1) is 10.3 Å². The molecule has 2 heterocycles. The van der Waals surface area contributed by atoms with Gasteiger partial charge in [0.25, 0.3) is 0 Å². The van der Waals surface area contributed by atoms with Gasteiger partial charge < -0.3 is 5.32 Å². The molecule has 0 bridgehead atoms. The second kappa shape index (κ2) is 8.61. The molecule has 0 saturated carbocycles. The number of hydrogen-bond donors (Lipinski definition) is 2. The molecule has 0 aliphatic heterocycles. The monoisotopic (exact) mass is 444 g/mol. The molecule has 0 spiro atoms. The Hall–Kier alpha value is -2.03. The maximum absolute atomic E-state index is 12.5. The number of aryl methyl sites for hydroxylation is 3. The minimum Gasteiger partial charge on any atom is -0.368 e. The smallest absolute Gasteiger partial charge is 0.240 e. The summed E-state index contributed by atoms with van der Waals surface area (Å²) in [5.74, 6) is 2.35. The first-order valence-corrected chi connectivity index (χ1v) is 12.8. The van der Waals surface area contributed by atoms with E-state index in [0.717, 1.165) is 46.7 Å². The number of fused-ring (bicyclic) bond motifs is 3. The molecule has 8 heteroatoms. The molecule has 160 valence electrons. The number of nitrogens with zero attached hydrogens (tertiary/aromatic N) is 2. The second-order valence-corrected chi connectivity index (χ2v) is 10.9. The number of aromatic nitrogens is 2. The molecule has 2 N–H and O–H groups in total. The zero-order valence-corrected chi connectivity index (χ0v) is 19.3. The van der Waals surface area contributed by atoms with E-state index in [9.17, 15) is 8.42 Å². The lowest BCUT2D eigenvalue weighted by Crippen LogP contribution is -2.29. The highest BCUT2D eigenvalue weighted by Gasteiger charge is 2.24. The summed E-state index contributed by atoms with van der Waals surface area (Å²) in [6.45, 7) is 7.03. The van der Waals surface area contributed by atoms with Crippen LogP contribution in [-0.2, 0) is 29.3 Å². The minimum absolute atomic E-state index is 0.284. The Morgan fingerprint density at radius 2 is 1.93 bits per heavy atom. The van der Waals surface area contributed by atoms with Crippen molar-refractivity contribution in [3.63, 3.8) is 0 Å². The molecule has 0 radical (unpaired) electrons. The summed E-state index contributed by atoms with van der Waals surface area (Å²) in [6, 6.07) is 6.87. The highest BCUT2D eigenvalue weighted by Crippen LogP contribution is 2.40. The minimum atomic E-state index is -3.52. The molecule has 4 rings (SSSR count). The first-order valence-electron chi connectivity index (χ1n) is 10.5. The van der Waals surface area contributed by atoms with Crippen molar-refractivity contribution in [2.24, 2.45) is 5.92 Å². The van der Waals surface area contributed by atoms with E-state index < -0.39 is 10.0 Å². The van der Waals surface area contributed by atoms with E-state index >= 15 is 0 Å². The van der Waals surface area contributed by atoms with Crippen LogP contribution in [0.3, 0.4) is 0 Å². The lowest BCUT2D eigenvalue weighted by molar-refractivity contribution is 0.509. The Kier molecular flexibility index (Phi) is 6.09. The van der Waals surface area contributed by atoms with Crippen LogP contribution in [0, 0.1) is 12.8 Å². The Balaban J connectivity index is 1.50. The molecular weight excluding hydrogens is 416 g/mol. The summed E-state index contributed by atoms with van der Waals surface area (Å²) in [6.07, 6.45) is 4.11. The number of sulfonamides is 1. The molecule has 1 aliphatic rings. The Morgan fingerprint density at radius 3 is 2.67 bits per heavy atom. The van der Waals surface area contributed by atoms with Crippen LogP contribution in [0.25, 0.3) is 10.2 Å². The lowest BCUT2D eigenvalue weighted by Gasteiger charge is -2.18. The molecule has 1 aliphatic carbocycles. The summed E-state index contributed by atoms with van der Waals surface area (Å²) in [7, 11) is -3.52. The molecule has 1 unspecified atom stereocenters. The summed E-state index contributed by atoms with van der Waals surface area (Å²) in [5.41, 5.74) is 2.40. The predicted molar refractivity (Wildman–Crippen MR) is 123 cm³/mol. The Bertz CT molecular complexity index is 1150. The van der Waals surface area contributed by atoms with Gasteiger partial charge >= 0.3 is 0 Å². The van der Waals surface area contributed by atoms with Gasteiger partial charge in [0.15, 0.2) is 0 Å². The van der Waals surface area contributed by atoms with E-state index in [4.69, 9.17) is 9.97 Å². The molecule has 2 aromatic heterocycles. The highest BCUT2D eigenvalue weighted by atomic mass is 32.2. The van der Waals surface area contributed by atoms with Crippen LogP contribution in [0.1, 0.15) is 42.1 Å². The number of anilines is 1. The van der Waals surface area contributed by atoms with E-state index in [1.165, 1.54) is 16.9 Å². The Morgan fingerprint density at radius 1 is 1.17 bits per heavy atom. The van der Waals surface area contributed by atoms with E-state index in [1.807, 2.05) is 6.92 Å². The third kappa shape index (κ3) is 4.36. The van der Waals surface area contributed by atoms with E-state index in [0.29, 0.717) is 12.5 Å². The number of benzene rings is 1. The Labute approximate surface area is 182 Å². The normalized spacial score (nSPS) is 16.6. The van der Waals surface area contributed by atoms with Gasteiger partial charge in [0.2, 0.25) is 10.0 Å². The van der Waals surface area contributed by atoms with Crippen molar-refractivity contribution in [2.45, 2.75) is 51.3 Å². The lowest BCUT2D eigenvalue weighted by atomic mass is 9.89. The maximum Gasteiger partial charge on any atom is 0.240 e. The van der Waals surface area contributed by atoms with Crippen molar-refractivity contribution in [3.8, 4) is 0 Å². The fourth-order valence-electron chi connectivity index (χ4n) is 3.84. The van der Waals surface area contributed by atoms with Crippen molar-refractivity contribution in [1.82, 2.24) is 14.7 Å². The van der Waals surface area contributed by atoms with Gasteiger partial charge in [-0.2, -0.15) is 0 Å². The average molecular weight is 445 g/mol. The first kappa shape index (κ1) is 21.2. The summed E-state index contributed by atoms with van der Waals surface area (Å²) in [5, 5.41) is 4.50. The fraction of sp³-hybridized carbons (Fsp3) is 0.455. The van der Waals surface area contributed by atoms with Crippen LogP contribution in [0.5, 0.6) is 0 Å². The average Bonchev–Trinajstić information content (AvgIpc) is 3.08. The SMILES string of the molecule is CCc1nc(NCCNS(=O)(=O)c2ccc(C)cc2)c2c3c(sc2n1)CC(C)CC3. The predicted octanol–water partition coefficient (Wildman–Crippen LogP) is 4.08. The zero-order chi connectivity index (χ0) is 21.3. The van der Waals surface area contributed by atoms with Crippen LogP contribution in [0.15, 0.2) is 29.2 Å². The van der Waals surface area contributed by atoms with E-state index in [1.54, 1.807) is 35.6 Å². The maximum atomic E-state index is 12.5. The number of thiophene rings is 1. The largest absolute Gasteiger partial charge is 0.368 e. The van der Waals surface area contributed by atoms with Crippen LogP contribution in [-0.4, -0.2) is 31.5 Å². The standard InChI is InChI=1S/C22H28N4O2S2/c1-4-19-25-21(20-17-10-7-15(3)13-18(17)29-22(20)26-19)23-11-12-24-30(27,28)16-8-5-14(2)6-9-16/h5-6,8-9,15,24H,4,7,10-13H2,1-3H3,(H,23,25,26). The second-order valence-electron chi connectivity index (χ2n) is 8.01. The summed E-state index contributed by atoms with van der Waals surface area (Å²) < 4.78 is 27.6. The number of nitrogens with one attached hydrogen (secondary N) is 2. The molecule has 6 nitrogen and oxygen atoms in total. The van der Waals surface area contributed by atoms with Gasteiger partial charge in [-0.05, 0) is 49.8 Å². The molecule has 0 fully saturated rings. The molecule has 0 saturated heterocycles. The third-order valence-corrected chi connectivity index (χ3v) is 8.18. The van der Waals surface area contributed by atoms with Gasteiger partial charge in [-0.15, -0.1) is 11.3 Å².